The average molecular weight is 261 g/mol. The lowest BCUT2D eigenvalue weighted by Crippen LogP contribution is -2.33. The van der Waals surface area contributed by atoms with E-state index in [2.05, 4.69) is 0 Å². The number of carbonyl (C=O) groups excluding carboxylic acids is 2. The van der Waals surface area contributed by atoms with Crippen molar-refractivity contribution in [3.63, 3.8) is 0 Å². The number of hydrogen-bond donors (Lipinski definition) is 0. The first-order valence-electron chi connectivity index (χ1n) is 6.64. The molecule has 0 fully saturated rings. The fourth-order valence-electron chi connectivity index (χ4n) is 2.40. The molecule has 0 aromatic heterocycles. The molecule has 1 aromatic rings. The van der Waals surface area contributed by atoms with Gasteiger partial charge in [-0.15, -0.1) is 0 Å². The lowest BCUT2D eigenvalue weighted by molar-refractivity contribution is -0.143. The van der Waals surface area contributed by atoms with Crippen LogP contribution in [0.2, 0.25) is 0 Å². The molecule has 19 heavy (non-hydrogen) atoms. The number of nitrogens with zero attached hydrogens (tertiary/aromatic N) is 1. The van der Waals surface area contributed by atoms with Gasteiger partial charge in [0.1, 0.15) is 6.54 Å². The van der Waals surface area contributed by atoms with Crippen LogP contribution in [0.4, 0.5) is 0 Å². The molecule has 4 heteroatoms. The molecule has 0 bridgehead atoms. The number of aryl methyl sites for hydroxylation is 2. The standard InChI is InChI=1S/C15H19NO3/c1-3-19-14(17)10-16(2)15(18)13-8-7-11-5-4-6-12(11)9-13/h7-9H,3-6,10H2,1-2H3. The summed E-state index contributed by atoms with van der Waals surface area (Å²) >= 11 is 0. The van der Waals surface area contributed by atoms with Crippen molar-refractivity contribution in [1.82, 2.24) is 4.90 Å². The summed E-state index contributed by atoms with van der Waals surface area (Å²) < 4.78 is 4.84. The van der Waals surface area contributed by atoms with Crippen LogP contribution in [-0.4, -0.2) is 37.0 Å². The Morgan fingerprint density at radius 2 is 2.00 bits per heavy atom. The first-order valence-corrected chi connectivity index (χ1v) is 6.64. The number of hydrogen-bond acceptors (Lipinski definition) is 3. The Hall–Kier alpha value is -1.84. The summed E-state index contributed by atoms with van der Waals surface area (Å²) in [6.07, 6.45) is 3.30. The highest BCUT2D eigenvalue weighted by molar-refractivity contribution is 5.96. The minimum atomic E-state index is -0.375. The van der Waals surface area contributed by atoms with E-state index in [1.54, 1.807) is 14.0 Å². The smallest absolute Gasteiger partial charge is 0.325 e. The normalized spacial score (nSPS) is 12.9. The highest BCUT2D eigenvalue weighted by Crippen LogP contribution is 2.23. The van der Waals surface area contributed by atoms with Gasteiger partial charge >= 0.3 is 5.97 Å². The van der Waals surface area contributed by atoms with Gasteiger partial charge in [0.15, 0.2) is 0 Å². The number of carbonyl (C=O) groups is 2. The van der Waals surface area contributed by atoms with Gasteiger partial charge in [-0.1, -0.05) is 6.07 Å². The van der Waals surface area contributed by atoms with E-state index < -0.39 is 0 Å². The lowest BCUT2D eigenvalue weighted by atomic mass is 10.1. The molecule has 1 aliphatic rings. The molecule has 0 unspecified atom stereocenters. The Bertz CT molecular complexity index is 496. The Morgan fingerprint density at radius 1 is 1.26 bits per heavy atom. The van der Waals surface area contributed by atoms with Crippen LogP contribution in [0.5, 0.6) is 0 Å². The molecule has 0 saturated carbocycles. The molecule has 1 aliphatic carbocycles. The monoisotopic (exact) mass is 261 g/mol. The first-order chi connectivity index (χ1) is 9.11. The Balaban J connectivity index is 2.05. The van der Waals surface area contributed by atoms with Crippen molar-refractivity contribution in [1.29, 1.82) is 0 Å². The van der Waals surface area contributed by atoms with Crippen LogP contribution in [0.1, 0.15) is 34.8 Å². The van der Waals surface area contributed by atoms with E-state index in [4.69, 9.17) is 4.74 Å². The summed E-state index contributed by atoms with van der Waals surface area (Å²) in [5.41, 5.74) is 3.24. The molecular weight excluding hydrogens is 242 g/mol. The summed E-state index contributed by atoms with van der Waals surface area (Å²) in [7, 11) is 1.62. The third-order valence-electron chi connectivity index (χ3n) is 3.36. The maximum atomic E-state index is 12.2. The Morgan fingerprint density at radius 3 is 2.74 bits per heavy atom. The SMILES string of the molecule is CCOC(=O)CN(C)C(=O)c1ccc2c(c1)CCC2. The average Bonchev–Trinajstić information content (AvgIpc) is 2.85. The summed E-state index contributed by atoms with van der Waals surface area (Å²) in [5.74, 6) is -0.512. The van der Waals surface area contributed by atoms with E-state index >= 15 is 0 Å². The van der Waals surface area contributed by atoms with Gasteiger partial charge in [-0.05, 0) is 49.4 Å². The van der Waals surface area contributed by atoms with Crippen LogP contribution in [0.15, 0.2) is 18.2 Å². The fourth-order valence-corrected chi connectivity index (χ4v) is 2.40. The maximum absolute atomic E-state index is 12.2. The number of fused-ring (bicyclic) bond motifs is 1. The van der Waals surface area contributed by atoms with Crippen molar-refractivity contribution in [2.45, 2.75) is 26.2 Å². The zero-order valence-electron chi connectivity index (χ0n) is 11.4. The van der Waals surface area contributed by atoms with Crippen molar-refractivity contribution >= 4 is 11.9 Å². The molecular formula is C15H19NO3. The Labute approximate surface area is 113 Å². The third-order valence-corrected chi connectivity index (χ3v) is 3.36. The third kappa shape index (κ3) is 3.13. The van der Waals surface area contributed by atoms with E-state index in [1.165, 1.54) is 16.0 Å². The molecule has 1 aromatic carbocycles. The lowest BCUT2D eigenvalue weighted by Gasteiger charge is -2.16. The van der Waals surface area contributed by atoms with Crippen LogP contribution >= 0.6 is 0 Å². The zero-order chi connectivity index (χ0) is 13.8. The van der Waals surface area contributed by atoms with Gasteiger partial charge in [-0.25, -0.2) is 0 Å². The van der Waals surface area contributed by atoms with Crippen molar-refractivity contribution in [3.05, 3.63) is 34.9 Å². The second-order valence-corrected chi connectivity index (χ2v) is 4.80. The number of likely N-dealkylation sites (N-methyl/N-ethyl adjacent to an activating group) is 1. The highest BCUT2D eigenvalue weighted by atomic mass is 16.5. The van der Waals surface area contributed by atoms with E-state index in [1.807, 2.05) is 18.2 Å². The van der Waals surface area contributed by atoms with Crippen molar-refractivity contribution < 1.29 is 14.3 Å². The predicted octanol–water partition coefficient (Wildman–Crippen LogP) is 1.81. The van der Waals surface area contributed by atoms with E-state index in [-0.39, 0.29) is 18.4 Å². The van der Waals surface area contributed by atoms with E-state index in [0.717, 1.165) is 19.3 Å². The molecule has 0 radical (unpaired) electrons. The zero-order valence-corrected chi connectivity index (χ0v) is 11.4. The van der Waals surface area contributed by atoms with Crippen molar-refractivity contribution in [2.24, 2.45) is 0 Å². The summed E-state index contributed by atoms with van der Waals surface area (Å²) in [6, 6.07) is 5.81. The van der Waals surface area contributed by atoms with E-state index in [0.29, 0.717) is 12.2 Å². The van der Waals surface area contributed by atoms with Crippen LogP contribution in [-0.2, 0) is 22.4 Å². The van der Waals surface area contributed by atoms with Gasteiger partial charge in [-0.3, -0.25) is 9.59 Å². The molecule has 0 N–H and O–H groups in total. The van der Waals surface area contributed by atoms with Gasteiger partial charge in [-0.2, -0.15) is 0 Å². The molecule has 0 saturated heterocycles. The number of amides is 1. The fraction of sp³-hybridized carbons (Fsp3) is 0.467. The molecule has 4 nitrogen and oxygen atoms in total. The minimum absolute atomic E-state index is 0.0102. The number of benzene rings is 1. The van der Waals surface area contributed by atoms with Gasteiger partial charge in [0.25, 0.3) is 5.91 Å². The van der Waals surface area contributed by atoms with Crippen molar-refractivity contribution in [2.75, 3.05) is 20.2 Å². The molecule has 102 valence electrons. The highest BCUT2D eigenvalue weighted by Gasteiger charge is 2.18. The van der Waals surface area contributed by atoms with Crippen LogP contribution in [0, 0.1) is 0 Å². The maximum Gasteiger partial charge on any atom is 0.325 e. The quantitative estimate of drug-likeness (QED) is 0.777. The first kappa shape index (κ1) is 13.6. The second kappa shape index (κ2) is 5.87. The molecule has 0 aliphatic heterocycles. The summed E-state index contributed by atoms with van der Waals surface area (Å²) in [4.78, 5) is 25.0. The molecule has 0 atom stereocenters. The number of rotatable bonds is 4. The Kier molecular flexibility index (Phi) is 4.20. The predicted molar refractivity (Wildman–Crippen MR) is 72.1 cm³/mol. The van der Waals surface area contributed by atoms with Gasteiger partial charge < -0.3 is 9.64 Å². The van der Waals surface area contributed by atoms with Gasteiger partial charge in [0.05, 0.1) is 6.61 Å². The van der Waals surface area contributed by atoms with Gasteiger partial charge in [0.2, 0.25) is 0 Å². The van der Waals surface area contributed by atoms with Crippen molar-refractivity contribution in [3.8, 4) is 0 Å². The number of esters is 1. The van der Waals surface area contributed by atoms with Gasteiger partial charge in [0, 0.05) is 12.6 Å². The summed E-state index contributed by atoms with van der Waals surface area (Å²) in [5, 5.41) is 0. The largest absolute Gasteiger partial charge is 0.465 e. The second-order valence-electron chi connectivity index (χ2n) is 4.80. The van der Waals surface area contributed by atoms with Crippen LogP contribution in [0.3, 0.4) is 0 Å². The summed E-state index contributed by atoms with van der Waals surface area (Å²) in [6.45, 7) is 2.07. The van der Waals surface area contributed by atoms with E-state index in [9.17, 15) is 9.59 Å². The minimum Gasteiger partial charge on any atom is -0.465 e. The molecule has 2 rings (SSSR count). The molecule has 0 heterocycles. The molecule has 1 amide bonds. The molecule has 0 spiro atoms. The topological polar surface area (TPSA) is 46.6 Å². The van der Waals surface area contributed by atoms with Crippen LogP contribution < -0.4 is 0 Å². The number of ether oxygens (including phenoxy) is 1. The van der Waals surface area contributed by atoms with Crippen LogP contribution in [0.25, 0.3) is 0 Å².